The van der Waals surface area contributed by atoms with Crippen molar-refractivity contribution in [1.29, 1.82) is 5.26 Å². The molecule has 0 bridgehead atoms. The number of pyridine rings is 1. The third-order valence-electron chi connectivity index (χ3n) is 6.40. The molecule has 1 N–H and O–H groups in total. The van der Waals surface area contributed by atoms with Gasteiger partial charge in [0.1, 0.15) is 17.4 Å². The number of fused-ring (bicyclic) bond motifs is 1. The first-order valence-electron chi connectivity index (χ1n) is 12.2. The number of amides is 1. The molecule has 0 aliphatic rings. The van der Waals surface area contributed by atoms with Crippen LogP contribution in [0.5, 0.6) is 11.5 Å². The van der Waals surface area contributed by atoms with E-state index in [2.05, 4.69) is 11.4 Å². The topological polar surface area (TPSA) is 124 Å². The van der Waals surface area contributed by atoms with E-state index in [1.54, 1.807) is 56.7 Å². The van der Waals surface area contributed by atoms with E-state index in [0.717, 1.165) is 5.56 Å². The molecule has 9 heteroatoms. The van der Waals surface area contributed by atoms with Crippen LogP contribution in [-0.2, 0) is 0 Å². The zero-order valence-electron chi connectivity index (χ0n) is 21.4. The minimum Gasteiger partial charge on any atom is -0.493 e. The Hall–Kier alpha value is -5.75. The number of nitrogens with one attached hydrogen (secondary N) is 1. The molecule has 0 radical (unpaired) electrons. The van der Waals surface area contributed by atoms with Crippen molar-refractivity contribution in [2.24, 2.45) is 0 Å². The van der Waals surface area contributed by atoms with Crippen LogP contribution < -0.4 is 14.8 Å². The van der Waals surface area contributed by atoms with Crippen LogP contribution in [0.2, 0.25) is 0 Å². The Kier molecular flexibility index (Phi) is 6.26. The van der Waals surface area contributed by atoms with Crippen LogP contribution in [-0.4, -0.2) is 25.1 Å². The number of carbonyl (C=O) groups is 1. The molecule has 4 aromatic heterocycles. The maximum Gasteiger partial charge on any atom is 0.258 e. The molecule has 0 aliphatic carbocycles. The van der Waals surface area contributed by atoms with Crippen LogP contribution in [0.15, 0.2) is 98.6 Å². The number of anilines is 1. The molecule has 6 aromatic rings. The number of methoxy groups -OCH3 is 2. The summed E-state index contributed by atoms with van der Waals surface area (Å²) in [6, 6.07) is 23.4. The summed E-state index contributed by atoms with van der Waals surface area (Å²) >= 11 is 0. The lowest BCUT2D eigenvalue weighted by atomic mass is 10.0. The number of aromatic nitrogens is 1. The second-order valence-corrected chi connectivity index (χ2v) is 8.67. The Bertz CT molecular complexity index is 1880. The Morgan fingerprint density at radius 1 is 0.900 bits per heavy atom. The van der Waals surface area contributed by atoms with Crippen molar-refractivity contribution in [2.45, 2.75) is 0 Å². The molecule has 196 valence electrons. The smallest absolute Gasteiger partial charge is 0.258 e. The molecule has 0 saturated carbocycles. The number of nitriles is 1. The molecular formula is C31H21N3O6. The molecular weight excluding hydrogens is 510 g/mol. The van der Waals surface area contributed by atoms with Gasteiger partial charge in [-0.3, -0.25) is 10.1 Å². The van der Waals surface area contributed by atoms with Crippen molar-refractivity contribution < 1.29 is 27.5 Å². The highest BCUT2D eigenvalue weighted by molar-refractivity contribution is 6.13. The van der Waals surface area contributed by atoms with Gasteiger partial charge < -0.3 is 22.7 Å². The maximum atomic E-state index is 13.8. The van der Waals surface area contributed by atoms with Crippen molar-refractivity contribution in [2.75, 3.05) is 19.5 Å². The number of para-hydroxylation sites is 1. The second-order valence-electron chi connectivity index (χ2n) is 8.67. The second kappa shape index (κ2) is 10.2. The predicted molar refractivity (Wildman–Crippen MR) is 147 cm³/mol. The lowest BCUT2D eigenvalue weighted by Crippen LogP contribution is -2.13. The van der Waals surface area contributed by atoms with E-state index in [1.807, 2.05) is 30.3 Å². The molecule has 0 aliphatic heterocycles. The lowest BCUT2D eigenvalue weighted by Gasteiger charge is -2.12. The van der Waals surface area contributed by atoms with Crippen LogP contribution in [0.4, 0.5) is 5.88 Å². The molecule has 2 aromatic carbocycles. The summed E-state index contributed by atoms with van der Waals surface area (Å²) < 4.78 is 27.9. The molecule has 6 rings (SSSR count). The van der Waals surface area contributed by atoms with E-state index < -0.39 is 5.91 Å². The summed E-state index contributed by atoms with van der Waals surface area (Å²) in [7, 11) is 3.12. The molecule has 4 heterocycles. The van der Waals surface area contributed by atoms with Gasteiger partial charge in [-0.25, -0.2) is 4.98 Å². The Morgan fingerprint density at radius 3 is 2.35 bits per heavy atom. The molecule has 0 fully saturated rings. The van der Waals surface area contributed by atoms with Gasteiger partial charge in [-0.15, -0.1) is 0 Å². The average molecular weight is 532 g/mol. The third kappa shape index (κ3) is 4.23. The van der Waals surface area contributed by atoms with Crippen molar-refractivity contribution in [3.05, 3.63) is 96.4 Å². The van der Waals surface area contributed by atoms with E-state index in [-0.39, 0.29) is 17.2 Å². The summed E-state index contributed by atoms with van der Waals surface area (Å²) in [5.74, 6) is 1.64. The highest BCUT2D eigenvalue weighted by Gasteiger charge is 2.28. The first-order chi connectivity index (χ1) is 19.6. The van der Waals surface area contributed by atoms with Crippen LogP contribution in [0.25, 0.3) is 45.0 Å². The maximum absolute atomic E-state index is 13.8. The number of benzene rings is 2. The molecule has 0 unspecified atom stereocenters. The van der Waals surface area contributed by atoms with Crippen LogP contribution in [0.1, 0.15) is 15.9 Å². The Morgan fingerprint density at radius 2 is 1.65 bits per heavy atom. The standard InChI is InChI=1S/C31H21N3O6/c1-36-24-12-11-18(15-27(24)37-2)23-16-20(19-7-3-4-8-22(19)33-23)30(35)34-31-21(17-32)28(25-9-5-13-38-25)29(40-31)26-10-6-14-39-26/h3-16H,1-2H3,(H,34,35). The van der Waals surface area contributed by atoms with Crippen LogP contribution in [0.3, 0.4) is 0 Å². The minimum atomic E-state index is -0.484. The quantitative estimate of drug-likeness (QED) is 0.230. The van der Waals surface area contributed by atoms with Gasteiger partial charge in [0.2, 0.25) is 5.88 Å². The molecule has 0 atom stereocenters. The Labute approximate surface area is 228 Å². The summed E-state index contributed by atoms with van der Waals surface area (Å²) in [4.78, 5) is 18.6. The van der Waals surface area contributed by atoms with Crippen LogP contribution >= 0.6 is 0 Å². The summed E-state index contributed by atoms with van der Waals surface area (Å²) in [6.45, 7) is 0. The number of carbonyl (C=O) groups excluding carboxylic acids is 1. The Balaban J connectivity index is 1.46. The van der Waals surface area contributed by atoms with E-state index in [4.69, 9.17) is 27.7 Å². The van der Waals surface area contributed by atoms with Gasteiger partial charge in [0.15, 0.2) is 23.0 Å². The predicted octanol–water partition coefficient (Wildman–Crippen LogP) is 7.16. The van der Waals surface area contributed by atoms with Gasteiger partial charge in [-0.1, -0.05) is 18.2 Å². The normalized spacial score (nSPS) is 10.8. The molecule has 9 nitrogen and oxygen atoms in total. The van der Waals surface area contributed by atoms with Gasteiger partial charge in [0, 0.05) is 10.9 Å². The lowest BCUT2D eigenvalue weighted by molar-refractivity contribution is 0.102. The van der Waals surface area contributed by atoms with Crippen molar-refractivity contribution in [3.8, 4) is 51.7 Å². The first kappa shape index (κ1) is 24.6. The van der Waals surface area contributed by atoms with Crippen molar-refractivity contribution >= 4 is 22.7 Å². The fourth-order valence-corrected chi connectivity index (χ4v) is 4.54. The van der Waals surface area contributed by atoms with Gasteiger partial charge in [0.25, 0.3) is 5.91 Å². The zero-order valence-corrected chi connectivity index (χ0v) is 21.4. The monoisotopic (exact) mass is 531 g/mol. The SMILES string of the molecule is COc1ccc(-c2cc(C(=O)Nc3oc(-c4ccco4)c(-c4ccco4)c3C#N)c3ccccc3n2)cc1OC. The number of furan rings is 3. The number of hydrogen-bond donors (Lipinski definition) is 1. The van der Waals surface area contributed by atoms with Gasteiger partial charge in [-0.05, 0) is 54.6 Å². The highest BCUT2D eigenvalue weighted by atomic mass is 16.5. The van der Waals surface area contributed by atoms with E-state index in [0.29, 0.717) is 50.7 Å². The zero-order chi connectivity index (χ0) is 27.6. The molecule has 40 heavy (non-hydrogen) atoms. The van der Waals surface area contributed by atoms with Gasteiger partial charge in [0.05, 0.1) is 49.1 Å². The number of rotatable bonds is 7. The number of hydrogen-bond acceptors (Lipinski definition) is 8. The first-order valence-corrected chi connectivity index (χ1v) is 12.2. The molecule has 0 saturated heterocycles. The summed E-state index contributed by atoms with van der Waals surface area (Å²) in [5, 5.41) is 13.5. The van der Waals surface area contributed by atoms with E-state index >= 15 is 0 Å². The van der Waals surface area contributed by atoms with Crippen LogP contribution in [0, 0.1) is 11.3 Å². The third-order valence-corrected chi connectivity index (χ3v) is 6.40. The van der Waals surface area contributed by atoms with Gasteiger partial charge in [-0.2, -0.15) is 5.26 Å². The fourth-order valence-electron chi connectivity index (χ4n) is 4.54. The van der Waals surface area contributed by atoms with E-state index in [1.165, 1.54) is 12.5 Å². The average Bonchev–Trinajstić information content (AvgIpc) is 3.77. The van der Waals surface area contributed by atoms with E-state index in [9.17, 15) is 10.1 Å². The summed E-state index contributed by atoms with van der Waals surface area (Å²) in [5.41, 5.74) is 2.73. The molecule has 1 amide bonds. The fraction of sp³-hybridized carbons (Fsp3) is 0.0645. The summed E-state index contributed by atoms with van der Waals surface area (Å²) in [6.07, 6.45) is 2.99. The van der Waals surface area contributed by atoms with Gasteiger partial charge >= 0.3 is 0 Å². The number of nitrogens with zero attached hydrogens (tertiary/aromatic N) is 2. The largest absolute Gasteiger partial charge is 0.493 e. The highest BCUT2D eigenvalue weighted by Crippen LogP contribution is 2.42. The van der Waals surface area contributed by atoms with Crippen molar-refractivity contribution in [3.63, 3.8) is 0 Å². The van der Waals surface area contributed by atoms with Crippen molar-refractivity contribution in [1.82, 2.24) is 4.98 Å². The molecule has 0 spiro atoms. The number of ether oxygens (including phenoxy) is 2. The minimum absolute atomic E-state index is 0.0288.